The number of anilines is 4. The van der Waals surface area contributed by atoms with Crippen LogP contribution in [0.1, 0.15) is 62.2 Å². The molecule has 6 aromatic rings. The highest BCUT2D eigenvalue weighted by Crippen LogP contribution is 2.39. The van der Waals surface area contributed by atoms with Crippen LogP contribution < -0.4 is 21.3 Å². The molecule has 0 amide bonds. The molecular formula is C32H42N18O3. The summed E-state index contributed by atoms with van der Waals surface area (Å²) in [4.78, 5) is 39.2. The van der Waals surface area contributed by atoms with Crippen LogP contribution in [0.4, 0.5) is 23.5 Å². The maximum Gasteiger partial charge on any atom is 0.226 e. The van der Waals surface area contributed by atoms with Gasteiger partial charge in [0.15, 0.2) is 29.3 Å². The van der Waals surface area contributed by atoms with Gasteiger partial charge in [0.25, 0.3) is 0 Å². The highest BCUT2D eigenvalue weighted by Gasteiger charge is 2.47. The first-order valence-corrected chi connectivity index (χ1v) is 17.8. The number of hydrogen-bond acceptors (Lipinski definition) is 17. The number of fused-ring (bicyclic) bond motifs is 1. The standard InChI is InChI=1S/C32H42N18O3/c1-2-50-47-28(46-48-50)26-24(51)25(52)30(53-26)49-17-40-23-27(44-32(45-29(23)49)37-11-8-21-14-34-16-39-21)42-19-5-3-18(4-6-19)41-22-9-12-36-31(43-22)35-10-7-20-13-33-15-38-20/h9,12-19,24-26,30,51-52H,2-8,10-11H2,1H3,(H,33,38)(H,34,39)(H2,35,36,41,43)(H2,37,42,44,45)/t18-,19-,24-,25+,26-,30+/m0/s1. The van der Waals surface area contributed by atoms with Gasteiger partial charge in [0.2, 0.25) is 17.7 Å². The Balaban J connectivity index is 0.949. The topological polar surface area (TPSA) is 268 Å². The summed E-state index contributed by atoms with van der Waals surface area (Å²) in [7, 11) is 0. The van der Waals surface area contributed by atoms with E-state index >= 15 is 0 Å². The fraction of sp³-hybridized carbons (Fsp3) is 0.500. The van der Waals surface area contributed by atoms with E-state index in [1.54, 1.807) is 29.7 Å². The second-order valence-corrected chi connectivity index (χ2v) is 13.1. The lowest BCUT2D eigenvalue weighted by Crippen LogP contribution is -2.33. The Bertz CT molecular complexity index is 2060. The van der Waals surface area contributed by atoms with E-state index in [-0.39, 0.29) is 17.9 Å². The lowest BCUT2D eigenvalue weighted by molar-refractivity contribution is -0.0384. The minimum absolute atomic E-state index is 0.129. The molecule has 1 saturated heterocycles. The Kier molecular flexibility index (Phi) is 9.99. The number of imidazole rings is 3. The van der Waals surface area contributed by atoms with E-state index in [0.29, 0.717) is 54.9 Å². The molecule has 1 aliphatic heterocycles. The first kappa shape index (κ1) is 34.3. The van der Waals surface area contributed by atoms with Crippen LogP contribution in [0.25, 0.3) is 11.2 Å². The van der Waals surface area contributed by atoms with Crippen LogP contribution in [-0.2, 0) is 24.1 Å². The fourth-order valence-electron chi connectivity index (χ4n) is 6.66. The molecule has 2 aliphatic rings. The summed E-state index contributed by atoms with van der Waals surface area (Å²) in [5, 5.41) is 48.1. The Morgan fingerprint density at radius 1 is 0.849 bits per heavy atom. The van der Waals surface area contributed by atoms with Gasteiger partial charge in [-0.05, 0) is 43.9 Å². The van der Waals surface area contributed by atoms with Crippen LogP contribution in [0.2, 0.25) is 0 Å². The van der Waals surface area contributed by atoms with Gasteiger partial charge in [-0.2, -0.15) is 19.7 Å². The minimum atomic E-state index is -1.31. The summed E-state index contributed by atoms with van der Waals surface area (Å²) in [5.74, 6) is 2.48. The fourth-order valence-corrected chi connectivity index (χ4v) is 6.66. The number of aliphatic hydroxyl groups excluding tert-OH is 2. The molecule has 1 aliphatic carbocycles. The number of nitrogens with one attached hydrogen (secondary N) is 6. The van der Waals surface area contributed by atoms with E-state index in [0.717, 1.165) is 49.3 Å². The van der Waals surface area contributed by atoms with Crippen LogP contribution in [0.15, 0.2) is 43.6 Å². The SMILES string of the molecule is CCn1nnc([C@H]2O[C@@H](n3cnc4c(N[C@H]5CC[C@H](Nc6ccnc(NCCc7c[nH]cn7)n6)CC5)nc(NCCc5c[nH]cn5)nc43)[C@H](O)[C@@H]2O)n1. The van der Waals surface area contributed by atoms with Crippen molar-refractivity contribution in [1.29, 1.82) is 0 Å². The molecule has 21 nitrogen and oxygen atoms in total. The van der Waals surface area contributed by atoms with E-state index in [2.05, 4.69) is 71.6 Å². The van der Waals surface area contributed by atoms with Crippen LogP contribution >= 0.6 is 0 Å². The number of aromatic amines is 2. The van der Waals surface area contributed by atoms with Gasteiger partial charge in [0.1, 0.15) is 18.0 Å². The third-order valence-electron chi connectivity index (χ3n) is 9.45. The van der Waals surface area contributed by atoms with Crippen LogP contribution in [0.3, 0.4) is 0 Å². The molecule has 0 radical (unpaired) electrons. The van der Waals surface area contributed by atoms with Gasteiger partial charge in [0.05, 0.1) is 36.9 Å². The smallest absolute Gasteiger partial charge is 0.226 e. The zero-order chi connectivity index (χ0) is 36.1. The average Bonchev–Trinajstić information content (AvgIpc) is 4.03. The number of aryl methyl sites for hydroxylation is 1. The van der Waals surface area contributed by atoms with Gasteiger partial charge in [-0.15, -0.1) is 10.2 Å². The number of tetrazole rings is 1. The van der Waals surface area contributed by atoms with Gasteiger partial charge in [-0.3, -0.25) is 4.57 Å². The normalized spacial score (nSPS) is 23.0. The molecule has 0 spiro atoms. The molecule has 0 bridgehead atoms. The van der Waals surface area contributed by atoms with Crippen molar-refractivity contribution in [3.8, 4) is 0 Å². The van der Waals surface area contributed by atoms with Gasteiger partial charge in [-0.25, -0.2) is 19.9 Å². The molecular weight excluding hydrogens is 684 g/mol. The maximum absolute atomic E-state index is 11.1. The number of nitrogens with zero attached hydrogens (tertiary/aromatic N) is 12. The molecule has 278 valence electrons. The van der Waals surface area contributed by atoms with Crippen LogP contribution in [0, 0.1) is 0 Å². The second kappa shape index (κ2) is 15.4. The van der Waals surface area contributed by atoms with E-state index in [1.165, 1.54) is 4.80 Å². The molecule has 7 heterocycles. The van der Waals surface area contributed by atoms with Crippen molar-refractivity contribution in [2.45, 2.75) is 88.6 Å². The summed E-state index contributed by atoms with van der Waals surface area (Å²) >= 11 is 0. The molecule has 0 aromatic carbocycles. The van der Waals surface area contributed by atoms with Gasteiger partial charge in [-0.1, -0.05) is 0 Å². The molecule has 8 N–H and O–H groups in total. The van der Waals surface area contributed by atoms with Gasteiger partial charge >= 0.3 is 0 Å². The Morgan fingerprint density at radius 2 is 1.57 bits per heavy atom. The lowest BCUT2D eigenvalue weighted by Gasteiger charge is -2.30. The number of aliphatic hydroxyl groups is 2. The number of ether oxygens (including phenoxy) is 1. The van der Waals surface area contributed by atoms with Crippen molar-refractivity contribution < 1.29 is 14.9 Å². The molecule has 21 heteroatoms. The number of aromatic nitrogens is 14. The van der Waals surface area contributed by atoms with Crippen LogP contribution in [0.5, 0.6) is 0 Å². The Hall–Kier alpha value is -5.80. The summed E-state index contributed by atoms with van der Waals surface area (Å²) in [6, 6.07) is 2.26. The first-order chi connectivity index (χ1) is 26.0. The first-order valence-electron chi connectivity index (χ1n) is 17.8. The molecule has 53 heavy (non-hydrogen) atoms. The van der Waals surface area contributed by atoms with Gasteiger partial charge < -0.3 is 46.2 Å². The number of hydrogen-bond donors (Lipinski definition) is 8. The highest BCUT2D eigenvalue weighted by atomic mass is 16.6. The van der Waals surface area contributed by atoms with E-state index in [1.807, 2.05) is 25.4 Å². The lowest BCUT2D eigenvalue weighted by atomic mass is 9.91. The summed E-state index contributed by atoms with van der Waals surface area (Å²) in [6.07, 6.45) is 10.8. The second-order valence-electron chi connectivity index (χ2n) is 13.1. The quantitative estimate of drug-likeness (QED) is 0.0739. The predicted octanol–water partition coefficient (Wildman–Crippen LogP) is 1.21. The summed E-state index contributed by atoms with van der Waals surface area (Å²) < 4.78 is 7.77. The Morgan fingerprint density at radius 3 is 2.25 bits per heavy atom. The number of rotatable bonds is 15. The van der Waals surface area contributed by atoms with Crippen LogP contribution in [-0.4, -0.2) is 117 Å². The largest absolute Gasteiger partial charge is 0.387 e. The van der Waals surface area contributed by atoms with E-state index in [4.69, 9.17) is 14.7 Å². The molecule has 1 saturated carbocycles. The summed E-state index contributed by atoms with van der Waals surface area (Å²) in [5.41, 5.74) is 2.83. The van der Waals surface area contributed by atoms with Gasteiger partial charge in [0, 0.05) is 56.6 Å². The van der Waals surface area contributed by atoms with Crippen molar-refractivity contribution in [3.05, 3.63) is 60.9 Å². The van der Waals surface area contributed by atoms with Crippen molar-refractivity contribution in [1.82, 2.24) is 69.6 Å². The van der Waals surface area contributed by atoms with E-state index < -0.39 is 24.5 Å². The maximum atomic E-state index is 11.1. The molecule has 6 aromatic heterocycles. The summed E-state index contributed by atoms with van der Waals surface area (Å²) in [6.45, 7) is 3.59. The molecule has 8 rings (SSSR count). The third kappa shape index (κ3) is 7.71. The predicted molar refractivity (Wildman–Crippen MR) is 191 cm³/mol. The third-order valence-corrected chi connectivity index (χ3v) is 9.45. The molecule has 2 fully saturated rings. The van der Waals surface area contributed by atoms with Crippen molar-refractivity contribution in [3.63, 3.8) is 0 Å². The average molecular weight is 727 g/mol. The molecule has 4 atom stereocenters. The van der Waals surface area contributed by atoms with Crippen molar-refractivity contribution >= 4 is 34.7 Å². The minimum Gasteiger partial charge on any atom is -0.387 e. The Labute approximate surface area is 302 Å². The van der Waals surface area contributed by atoms with Crippen molar-refractivity contribution in [2.75, 3.05) is 34.4 Å². The molecule has 0 unspecified atom stereocenters. The highest BCUT2D eigenvalue weighted by molar-refractivity contribution is 5.84. The zero-order valence-electron chi connectivity index (χ0n) is 29.0. The number of H-pyrrole nitrogens is 2. The monoisotopic (exact) mass is 726 g/mol. The van der Waals surface area contributed by atoms with E-state index in [9.17, 15) is 10.2 Å². The van der Waals surface area contributed by atoms with Crippen molar-refractivity contribution in [2.24, 2.45) is 0 Å². The zero-order valence-corrected chi connectivity index (χ0v) is 29.0.